The van der Waals surface area contributed by atoms with Gasteiger partial charge in [0.25, 0.3) is 0 Å². The average molecular weight is 370 g/mol. The lowest BCUT2D eigenvalue weighted by molar-refractivity contribution is 0.160. The number of piperidine rings is 1. The highest BCUT2D eigenvalue weighted by atomic mass is 16.5. The number of ether oxygens (including phenoxy) is 1. The second-order valence-corrected chi connectivity index (χ2v) is 7.16. The molecule has 2 aromatic heterocycles. The lowest BCUT2D eigenvalue weighted by Crippen LogP contribution is -2.37. The van der Waals surface area contributed by atoms with Crippen molar-refractivity contribution in [3.63, 3.8) is 0 Å². The molecule has 0 bridgehead atoms. The minimum absolute atomic E-state index is 0.158. The van der Waals surface area contributed by atoms with E-state index in [0.717, 1.165) is 48.1 Å². The molecule has 5 heteroatoms. The molecule has 0 radical (unpaired) electrons. The fraction of sp³-hybridized carbons (Fsp3) is 0.217. The molecule has 2 aromatic carbocycles. The van der Waals surface area contributed by atoms with E-state index in [-0.39, 0.29) is 6.10 Å². The first-order chi connectivity index (χ1) is 13.9. The summed E-state index contributed by atoms with van der Waals surface area (Å²) in [5.74, 6) is 0.583. The minimum Gasteiger partial charge on any atom is -0.472 e. The number of hydrogen-bond acceptors (Lipinski definition) is 4. The highest BCUT2D eigenvalue weighted by Gasteiger charge is 2.16. The number of hydrogen-bond donors (Lipinski definition) is 2. The van der Waals surface area contributed by atoms with Gasteiger partial charge in [-0.15, -0.1) is 0 Å². The molecule has 1 fully saturated rings. The zero-order chi connectivity index (χ0) is 18.8. The Morgan fingerprint density at radius 2 is 1.93 bits per heavy atom. The van der Waals surface area contributed by atoms with Crippen molar-refractivity contribution >= 4 is 10.9 Å². The zero-order valence-electron chi connectivity index (χ0n) is 15.6. The molecule has 1 aliphatic rings. The molecule has 140 valence electrons. The second kappa shape index (κ2) is 7.44. The number of H-pyrrole nitrogens is 1. The fourth-order valence-electron chi connectivity index (χ4n) is 3.77. The summed E-state index contributed by atoms with van der Waals surface area (Å²) in [5, 5.41) is 4.50. The number of rotatable bonds is 4. The van der Waals surface area contributed by atoms with Crippen LogP contribution in [0.25, 0.3) is 33.3 Å². The first kappa shape index (κ1) is 17.0. The van der Waals surface area contributed by atoms with Crippen LogP contribution in [-0.4, -0.2) is 34.1 Å². The molecule has 0 spiro atoms. The van der Waals surface area contributed by atoms with Gasteiger partial charge in [0.15, 0.2) is 0 Å². The van der Waals surface area contributed by atoms with E-state index >= 15 is 0 Å². The lowest BCUT2D eigenvalue weighted by atomic mass is 10.0. The van der Waals surface area contributed by atoms with Crippen LogP contribution in [0.2, 0.25) is 0 Å². The topological polar surface area (TPSA) is 62.8 Å². The molecule has 5 nitrogen and oxygen atoms in total. The van der Waals surface area contributed by atoms with E-state index < -0.39 is 0 Å². The summed E-state index contributed by atoms with van der Waals surface area (Å²) < 4.78 is 6.05. The molecule has 28 heavy (non-hydrogen) atoms. The summed E-state index contributed by atoms with van der Waals surface area (Å²) in [5.41, 5.74) is 5.32. The van der Waals surface area contributed by atoms with Crippen molar-refractivity contribution in [1.29, 1.82) is 0 Å². The predicted molar refractivity (Wildman–Crippen MR) is 111 cm³/mol. The molecular formula is C23H22N4O. The summed E-state index contributed by atoms with van der Waals surface area (Å²) >= 11 is 0. The summed E-state index contributed by atoms with van der Waals surface area (Å²) in [6.07, 6.45) is 7.82. The van der Waals surface area contributed by atoms with Crippen LogP contribution in [0.1, 0.15) is 12.8 Å². The van der Waals surface area contributed by atoms with Crippen molar-refractivity contribution in [3.05, 3.63) is 67.1 Å². The highest BCUT2D eigenvalue weighted by molar-refractivity contribution is 5.97. The Labute approximate surface area is 163 Å². The standard InChI is InChI=1S/C23H22N4O/c1-2-5-16(6-3-1)17-8-9-21-19(11-17)20(13-26-21)22-14-25-15-23(27-22)28-18-7-4-10-24-12-18/h1-3,5-6,8-9,11,13-15,18,24,26H,4,7,10,12H2/t18-/m1/s1. The van der Waals surface area contributed by atoms with Crippen LogP contribution in [0.15, 0.2) is 67.1 Å². The number of nitrogens with one attached hydrogen (secondary N) is 2. The van der Waals surface area contributed by atoms with Crippen LogP contribution in [0.3, 0.4) is 0 Å². The van der Waals surface area contributed by atoms with Gasteiger partial charge in [0.1, 0.15) is 6.10 Å². The molecule has 1 atom stereocenters. The Kier molecular flexibility index (Phi) is 4.51. The molecule has 0 unspecified atom stereocenters. The Hall–Kier alpha value is -3.18. The predicted octanol–water partition coefficient (Wildman–Crippen LogP) is 4.42. The third kappa shape index (κ3) is 3.37. The van der Waals surface area contributed by atoms with Crippen molar-refractivity contribution in [1.82, 2.24) is 20.3 Å². The largest absolute Gasteiger partial charge is 0.472 e. The molecule has 0 saturated carbocycles. The number of aromatic nitrogens is 3. The van der Waals surface area contributed by atoms with Crippen LogP contribution in [0.4, 0.5) is 0 Å². The van der Waals surface area contributed by atoms with Gasteiger partial charge in [0.05, 0.1) is 18.1 Å². The van der Waals surface area contributed by atoms with Crippen LogP contribution in [-0.2, 0) is 0 Å². The average Bonchev–Trinajstić information content (AvgIpc) is 3.19. The van der Waals surface area contributed by atoms with Gasteiger partial charge in [-0.25, -0.2) is 4.98 Å². The summed E-state index contributed by atoms with van der Waals surface area (Å²) in [6, 6.07) is 16.9. The fourth-order valence-corrected chi connectivity index (χ4v) is 3.77. The molecule has 3 heterocycles. The molecule has 2 N–H and O–H groups in total. The van der Waals surface area contributed by atoms with E-state index in [1.165, 1.54) is 11.1 Å². The quantitative estimate of drug-likeness (QED) is 0.558. The van der Waals surface area contributed by atoms with Crippen molar-refractivity contribution in [2.24, 2.45) is 0 Å². The summed E-state index contributed by atoms with van der Waals surface area (Å²) in [4.78, 5) is 12.4. The Bertz CT molecular complexity index is 1080. The molecule has 5 rings (SSSR count). The smallest absolute Gasteiger partial charge is 0.233 e. The van der Waals surface area contributed by atoms with E-state index in [9.17, 15) is 0 Å². The number of benzene rings is 2. The number of fused-ring (bicyclic) bond motifs is 1. The first-order valence-electron chi connectivity index (χ1n) is 9.73. The van der Waals surface area contributed by atoms with Gasteiger partial charge in [0.2, 0.25) is 5.88 Å². The molecule has 1 saturated heterocycles. The highest BCUT2D eigenvalue weighted by Crippen LogP contribution is 2.31. The number of aromatic amines is 1. The Morgan fingerprint density at radius 3 is 2.79 bits per heavy atom. The van der Waals surface area contributed by atoms with Gasteiger partial charge >= 0.3 is 0 Å². The van der Waals surface area contributed by atoms with Crippen molar-refractivity contribution in [3.8, 4) is 28.3 Å². The second-order valence-electron chi connectivity index (χ2n) is 7.16. The van der Waals surface area contributed by atoms with Crippen LogP contribution in [0.5, 0.6) is 5.88 Å². The zero-order valence-corrected chi connectivity index (χ0v) is 15.6. The molecule has 1 aliphatic heterocycles. The third-order valence-electron chi connectivity index (χ3n) is 5.22. The summed E-state index contributed by atoms with van der Waals surface area (Å²) in [6.45, 7) is 1.92. The van der Waals surface area contributed by atoms with Crippen LogP contribution in [0, 0.1) is 0 Å². The molecular weight excluding hydrogens is 348 g/mol. The maximum Gasteiger partial charge on any atom is 0.233 e. The van der Waals surface area contributed by atoms with Crippen molar-refractivity contribution in [2.75, 3.05) is 13.1 Å². The monoisotopic (exact) mass is 370 g/mol. The summed E-state index contributed by atoms with van der Waals surface area (Å²) in [7, 11) is 0. The maximum absolute atomic E-state index is 6.05. The van der Waals surface area contributed by atoms with Crippen molar-refractivity contribution in [2.45, 2.75) is 18.9 Å². The Balaban J connectivity index is 1.49. The number of nitrogens with zero attached hydrogens (tertiary/aromatic N) is 2. The van der Waals surface area contributed by atoms with E-state index in [0.29, 0.717) is 5.88 Å². The van der Waals surface area contributed by atoms with Gasteiger partial charge in [-0.05, 0) is 42.6 Å². The van der Waals surface area contributed by atoms with Crippen molar-refractivity contribution < 1.29 is 4.74 Å². The molecule has 0 aliphatic carbocycles. The van der Waals surface area contributed by atoms with Crippen LogP contribution >= 0.6 is 0 Å². The van der Waals surface area contributed by atoms with Gasteiger partial charge in [-0.1, -0.05) is 36.4 Å². The first-order valence-corrected chi connectivity index (χ1v) is 9.73. The van der Waals surface area contributed by atoms with E-state index in [4.69, 9.17) is 9.72 Å². The van der Waals surface area contributed by atoms with Gasteiger partial charge in [-0.2, -0.15) is 0 Å². The van der Waals surface area contributed by atoms with E-state index in [1.807, 2.05) is 12.3 Å². The lowest BCUT2D eigenvalue weighted by Gasteiger charge is -2.23. The van der Waals surface area contributed by atoms with Gasteiger partial charge in [-0.3, -0.25) is 4.98 Å². The maximum atomic E-state index is 6.05. The molecule has 0 amide bonds. The molecule has 4 aromatic rings. The Morgan fingerprint density at radius 1 is 1.00 bits per heavy atom. The minimum atomic E-state index is 0.158. The third-order valence-corrected chi connectivity index (χ3v) is 5.22. The van der Waals surface area contributed by atoms with E-state index in [2.05, 4.69) is 57.7 Å². The SMILES string of the molecule is c1ccc(-c2ccc3[nH]cc(-c4cncc(O[C@@H]5CCCNC5)n4)c3c2)cc1. The van der Waals surface area contributed by atoms with E-state index in [1.54, 1.807) is 12.4 Å². The van der Waals surface area contributed by atoms with Gasteiger partial charge < -0.3 is 15.0 Å². The van der Waals surface area contributed by atoms with Gasteiger partial charge in [0, 0.05) is 29.2 Å². The van der Waals surface area contributed by atoms with Crippen LogP contribution < -0.4 is 10.1 Å². The normalized spacial score (nSPS) is 16.9.